The minimum atomic E-state index is 0.719. The quantitative estimate of drug-likeness (QED) is 0.908. The van der Waals surface area contributed by atoms with Crippen LogP contribution in [0.1, 0.15) is 28.1 Å². The predicted molar refractivity (Wildman–Crippen MR) is 79.8 cm³/mol. The van der Waals surface area contributed by atoms with Gasteiger partial charge in [-0.1, -0.05) is 6.07 Å². The van der Waals surface area contributed by atoms with E-state index in [1.54, 1.807) is 7.11 Å². The summed E-state index contributed by atoms with van der Waals surface area (Å²) in [6.07, 6.45) is 3.76. The maximum atomic E-state index is 5.42. The lowest BCUT2D eigenvalue weighted by Gasteiger charge is -2.12. The van der Waals surface area contributed by atoms with Crippen molar-refractivity contribution in [2.24, 2.45) is 0 Å². The van der Waals surface area contributed by atoms with Gasteiger partial charge in [-0.15, -0.1) is 0 Å². The maximum absolute atomic E-state index is 5.42. The number of nitrogens with one attached hydrogen (secondary N) is 1. The second-order valence-corrected chi connectivity index (χ2v) is 4.96. The topological polar surface area (TPSA) is 47.0 Å². The van der Waals surface area contributed by atoms with Gasteiger partial charge in [-0.2, -0.15) is 0 Å². The average molecular weight is 271 g/mol. The van der Waals surface area contributed by atoms with Gasteiger partial charge in [0.15, 0.2) is 0 Å². The van der Waals surface area contributed by atoms with Crippen molar-refractivity contribution in [1.82, 2.24) is 15.3 Å². The Morgan fingerprint density at radius 2 is 1.85 bits per heavy atom. The summed E-state index contributed by atoms with van der Waals surface area (Å²) < 4.78 is 5.42. The molecule has 0 aromatic carbocycles. The number of nitrogens with zero attached hydrogens (tertiary/aromatic N) is 2. The van der Waals surface area contributed by atoms with E-state index in [9.17, 15) is 0 Å². The number of hydrogen-bond donors (Lipinski definition) is 1. The number of methoxy groups -OCH3 is 1. The second-order valence-electron chi connectivity index (χ2n) is 4.96. The Bertz CT molecular complexity index is 579. The number of ether oxygens (including phenoxy) is 1. The molecule has 2 heterocycles. The summed E-state index contributed by atoms with van der Waals surface area (Å²) in [5.74, 6) is 0.925. The molecule has 2 aromatic heterocycles. The molecule has 0 aliphatic rings. The van der Waals surface area contributed by atoms with Gasteiger partial charge in [-0.05, 0) is 32.4 Å². The van der Waals surface area contributed by atoms with Crippen LogP contribution in [-0.4, -0.2) is 17.1 Å². The molecule has 0 saturated heterocycles. The predicted octanol–water partition coefficient (Wildman–Crippen LogP) is 2.70. The fourth-order valence-corrected chi connectivity index (χ4v) is 2.18. The molecule has 0 spiro atoms. The van der Waals surface area contributed by atoms with E-state index in [1.807, 2.05) is 39.2 Å². The highest BCUT2D eigenvalue weighted by Crippen LogP contribution is 2.23. The SMILES string of the molecule is COc1c(C)cnc(CNCc2ccc(C)nc2)c1C. The molecule has 0 bridgehead atoms. The van der Waals surface area contributed by atoms with E-state index in [0.717, 1.165) is 41.4 Å². The number of rotatable bonds is 5. The van der Waals surface area contributed by atoms with Crippen LogP contribution in [0.25, 0.3) is 0 Å². The minimum Gasteiger partial charge on any atom is -0.496 e. The number of aromatic nitrogens is 2. The van der Waals surface area contributed by atoms with Gasteiger partial charge in [0.25, 0.3) is 0 Å². The second kappa shape index (κ2) is 6.48. The number of hydrogen-bond acceptors (Lipinski definition) is 4. The van der Waals surface area contributed by atoms with Crippen LogP contribution in [0.2, 0.25) is 0 Å². The first kappa shape index (κ1) is 14.5. The van der Waals surface area contributed by atoms with Crippen molar-refractivity contribution < 1.29 is 4.74 Å². The van der Waals surface area contributed by atoms with Crippen molar-refractivity contribution in [3.05, 3.63) is 52.6 Å². The molecular weight excluding hydrogens is 250 g/mol. The molecular formula is C16H21N3O. The molecule has 0 radical (unpaired) electrons. The van der Waals surface area contributed by atoms with E-state index >= 15 is 0 Å². The highest BCUT2D eigenvalue weighted by atomic mass is 16.5. The molecule has 0 amide bonds. The van der Waals surface area contributed by atoms with Crippen molar-refractivity contribution >= 4 is 0 Å². The summed E-state index contributed by atoms with van der Waals surface area (Å²) in [5.41, 5.74) is 5.40. The van der Waals surface area contributed by atoms with E-state index in [1.165, 1.54) is 5.56 Å². The maximum Gasteiger partial charge on any atom is 0.128 e. The summed E-state index contributed by atoms with van der Waals surface area (Å²) in [6.45, 7) is 7.54. The van der Waals surface area contributed by atoms with Gasteiger partial charge in [-0.3, -0.25) is 9.97 Å². The summed E-state index contributed by atoms with van der Waals surface area (Å²) in [5, 5.41) is 3.39. The van der Waals surface area contributed by atoms with Crippen LogP contribution in [0.15, 0.2) is 24.5 Å². The Morgan fingerprint density at radius 1 is 1.05 bits per heavy atom. The fourth-order valence-electron chi connectivity index (χ4n) is 2.18. The lowest BCUT2D eigenvalue weighted by Crippen LogP contribution is -2.15. The van der Waals surface area contributed by atoms with E-state index in [2.05, 4.69) is 21.4 Å². The summed E-state index contributed by atoms with van der Waals surface area (Å²) in [6, 6.07) is 4.11. The molecule has 2 aromatic rings. The molecule has 4 heteroatoms. The summed E-state index contributed by atoms with van der Waals surface area (Å²) in [7, 11) is 1.70. The monoisotopic (exact) mass is 271 g/mol. The minimum absolute atomic E-state index is 0.719. The first-order valence-corrected chi connectivity index (χ1v) is 6.73. The third-order valence-electron chi connectivity index (χ3n) is 3.34. The number of pyridine rings is 2. The zero-order valence-corrected chi connectivity index (χ0v) is 12.5. The van der Waals surface area contributed by atoms with Crippen molar-refractivity contribution in [2.75, 3.05) is 7.11 Å². The van der Waals surface area contributed by atoms with Crippen LogP contribution in [0.4, 0.5) is 0 Å². The molecule has 4 nitrogen and oxygen atoms in total. The lowest BCUT2D eigenvalue weighted by atomic mass is 10.1. The van der Waals surface area contributed by atoms with Gasteiger partial charge >= 0.3 is 0 Å². The Kier molecular flexibility index (Phi) is 4.69. The third kappa shape index (κ3) is 3.33. The van der Waals surface area contributed by atoms with Crippen LogP contribution in [-0.2, 0) is 13.1 Å². The molecule has 2 rings (SSSR count). The molecule has 20 heavy (non-hydrogen) atoms. The van der Waals surface area contributed by atoms with E-state index in [-0.39, 0.29) is 0 Å². The first-order chi connectivity index (χ1) is 9.61. The Balaban J connectivity index is 1.99. The number of aryl methyl sites for hydroxylation is 2. The largest absolute Gasteiger partial charge is 0.496 e. The van der Waals surface area contributed by atoms with E-state index in [4.69, 9.17) is 4.74 Å². The van der Waals surface area contributed by atoms with Crippen LogP contribution in [0, 0.1) is 20.8 Å². The van der Waals surface area contributed by atoms with Gasteiger partial charge < -0.3 is 10.1 Å². The van der Waals surface area contributed by atoms with Gasteiger partial charge in [0.05, 0.1) is 12.8 Å². The average Bonchev–Trinajstić information content (AvgIpc) is 2.44. The smallest absolute Gasteiger partial charge is 0.128 e. The van der Waals surface area contributed by atoms with Crippen molar-refractivity contribution in [3.63, 3.8) is 0 Å². The van der Waals surface area contributed by atoms with Gasteiger partial charge in [-0.25, -0.2) is 0 Å². The normalized spacial score (nSPS) is 10.6. The highest BCUT2D eigenvalue weighted by Gasteiger charge is 2.08. The van der Waals surface area contributed by atoms with E-state index < -0.39 is 0 Å². The van der Waals surface area contributed by atoms with Crippen LogP contribution >= 0.6 is 0 Å². The molecule has 0 atom stereocenters. The summed E-state index contributed by atoms with van der Waals surface area (Å²) >= 11 is 0. The van der Waals surface area contributed by atoms with Crippen molar-refractivity contribution in [2.45, 2.75) is 33.9 Å². The van der Waals surface area contributed by atoms with Gasteiger partial charge in [0.1, 0.15) is 5.75 Å². The molecule has 106 valence electrons. The van der Waals surface area contributed by atoms with Crippen molar-refractivity contribution in [3.8, 4) is 5.75 Å². The molecule has 0 aliphatic heterocycles. The Labute approximate surface area is 120 Å². The standard InChI is InChI=1S/C16H21N3O/c1-11-7-19-15(13(3)16(11)20-4)10-17-8-14-6-5-12(2)18-9-14/h5-7,9,17H,8,10H2,1-4H3. The molecule has 0 fully saturated rings. The van der Waals surface area contributed by atoms with Crippen LogP contribution in [0.5, 0.6) is 5.75 Å². The van der Waals surface area contributed by atoms with Crippen molar-refractivity contribution in [1.29, 1.82) is 0 Å². The third-order valence-corrected chi connectivity index (χ3v) is 3.34. The van der Waals surface area contributed by atoms with Gasteiger partial charge in [0.2, 0.25) is 0 Å². The Morgan fingerprint density at radius 3 is 2.50 bits per heavy atom. The zero-order chi connectivity index (χ0) is 14.5. The van der Waals surface area contributed by atoms with Gasteiger partial charge in [0, 0.05) is 42.3 Å². The molecule has 0 unspecified atom stereocenters. The molecule has 0 saturated carbocycles. The highest BCUT2D eigenvalue weighted by molar-refractivity contribution is 5.41. The molecule has 1 N–H and O–H groups in total. The zero-order valence-electron chi connectivity index (χ0n) is 12.5. The Hall–Kier alpha value is -1.94. The van der Waals surface area contributed by atoms with E-state index in [0.29, 0.717) is 0 Å². The van der Waals surface area contributed by atoms with Crippen LogP contribution in [0.3, 0.4) is 0 Å². The molecule has 0 aliphatic carbocycles. The first-order valence-electron chi connectivity index (χ1n) is 6.73. The fraction of sp³-hybridized carbons (Fsp3) is 0.375. The summed E-state index contributed by atoms with van der Waals surface area (Å²) in [4.78, 5) is 8.76. The lowest BCUT2D eigenvalue weighted by molar-refractivity contribution is 0.406. The van der Waals surface area contributed by atoms with Crippen LogP contribution < -0.4 is 10.1 Å².